The van der Waals surface area contributed by atoms with Gasteiger partial charge in [-0.1, -0.05) is 35.9 Å². The van der Waals surface area contributed by atoms with Crippen molar-refractivity contribution in [2.24, 2.45) is 5.10 Å². The number of aryl methyl sites for hydroxylation is 1. The first-order chi connectivity index (χ1) is 16.0. The number of hydrazone groups is 1. The second kappa shape index (κ2) is 11.8. The van der Waals surface area contributed by atoms with E-state index in [2.05, 4.69) is 21.2 Å². The Kier molecular flexibility index (Phi) is 8.30. The van der Waals surface area contributed by atoms with Crippen LogP contribution in [0.15, 0.2) is 84.0 Å². The van der Waals surface area contributed by atoms with Crippen LogP contribution >= 0.6 is 0 Å². The number of amides is 3. The minimum atomic E-state index is -0.448. The molecule has 3 rings (SSSR count). The van der Waals surface area contributed by atoms with E-state index < -0.39 is 5.91 Å². The molecule has 0 radical (unpaired) electrons. The van der Waals surface area contributed by atoms with Gasteiger partial charge in [-0.15, -0.1) is 0 Å². The van der Waals surface area contributed by atoms with E-state index in [4.69, 9.17) is 4.74 Å². The molecule has 3 aromatic carbocycles. The number of nitrogens with zero attached hydrogens (tertiary/aromatic N) is 1. The monoisotopic (exact) mass is 444 g/mol. The van der Waals surface area contributed by atoms with Crippen molar-refractivity contribution in [2.45, 2.75) is 6.92 Å². The van der Waals surface area contributed by atoms with Crippen molar-refractivity contribution in [3.05, 3.63) is 95.6 Å². The molecule has 8 heteroatoms. The average molecular weight is 444 g/mol. The van der Waals surface area contributed by atoms with Gasteiger partial charge in [0.05, 0.1) is 12.8 Å². The fourth-order valence-electron chi connectivity index (χ4n) is 2.78. The highest BCUT2D eigenvalue weighted by molar-refractivity contribution is 5.96. The zero-order valence-electron chi connectivity index (χ0n) is 18.1. The lowest BCUT2D eigenvalue weighted by Crippen LogP contribution is -2.34. The number of nitrogens with one attached hydrogen (secondary N) is 3. The predicted molar refractivity (Wildman–Crippen MR) is 126 cm³/mol. The van der Waals surface area contributed by atoms with E-state index >= 15 is 0 Å². The van der Waals surface area contributed by atoms with Gasteiger partial charge in [0.25, 0.3) is 17.7 Å². The molecule has 0 aromatic heterocycles. The molecule has 0 aliphatic rings. The van der Waals surface area contributed by atoms with Crippen molar-refractivity contribution in [1.29, 1.82) is 0 Å². The van der Waals surface area contributed by atoms with Crippen LogP contribution in [0.2, 0.25) is 0 Å². The van der Waals surface area contributed by atoms with Gasteiger partial charge in [-0.3, -0.25) is 14.4 Å². The fraction of sp³-hybridized carbons (Fsp3) is 0.120. The molecular formula is C25H24N4O4. The summed E-state index contributed by atoms with van der Waals surface area (Å²) in [6, 6.07) is 23.1. The number of hydrogen-bond acceptors (Lipinski definition) is 5. The van der Waals surface area contributed by atoms with Crippen molar-refractivity contribution < 1.29 is 19.1 Å². The minimum absolute atomic E-state index is 0.118. The zero-order valence-corrected chi connectivity index (χ0v) is 18.1. The van der Waals surface area contributed by atoms with Crippen LogP contribution in [0.4, 0.5) is 5.69 Å². The maximum absolute atomic E-state index is 12.0. The van der Waals surface area contributed by atoms with Crippen molar-refractivity contribution >= 4 is 29.6 Å². The van der Waals surface area contributed by atoms with E-state index in [0.717, 1.165) is 11.1 Å². The normalized spacial score (nSPS) is 10.5. The van der Waals surface area contributed by atoms with Gasteiger partial charge in [-0.05, 0) is 61.0 Å². The number of anilines is 1. The SMILES string of the molecule is Cc1cccc(C(=O)NCC(=O)NN=Cc2ccc(OCC(=O)Nc3ccccc3)cc2)c1. The van der Waals surface area contributed by atoms with Crippen molar-refractivity contribution in [3.8, 4) is 5.75 Å². The van der Waals surface area contributed by atoms with E-state index in [1.165, 1.54) is 6.21 Å². The van der Waals surface area contributed by atoms with Gasteiger partial charge in [-0.2, -0.15) is 5.10 Å². The molecule has 168 valence electrons. The Balaban J connectivity index is 1.38. The molecule has 0 aliphatic heterocycles. The molecule has 0 aliphatic carbocycles. The summed E-state index contributed by atoms with van der Waals surface area (Å²) in [4.78, 5) is 35.8. The Hall–Kier alpha value is -4.46. The van der Waals surface area contributed by atoms with Crippen molar-refractivity contribution in [2.75, 3.05) is 18.5 Å². The molecule has 0 heterocycles. The molecule has 33 heavy (non-hydrogen) atoms. The second-order valence-electron chi connectivity index (χ2n) is 7.12. The van der Waals surface area contributed by atoms with Crippen LogP contribution in [0.5, 0.6) is 5.75 Å². The zero-order chi connectivity index (χ0) is 23.5. The van der Waals surface area contributed by atoms with Crippen LogP contribution in [0.25, 0.3) is 0 Å². The molecule has 0 spiro atoms. The molecule has 0 fully saturated rings. The Morgan fingerprint density at radius 2 is 1.67 bits per heavy atom. The van der Waals surface area contributed by atoms with E-state index in [1.54, 1.807) is 54.6 Å². The van der Waals surface area contributed by atoms with Crippen LogP contribution in [0.1, 0.15) is 21.5 Å². The number of para-hydroxylation sites is 1. The molecule has 0 saturated carbocycles. The highest BCUT2D eigenvalue weighted by Crippen LogP contribution is 2.11. The third-order valence-corrected chi connectivity index (χ3v) is 4.40. The first kappa shape index (κ1) is 23.2. The summed E-state index contributed by atoms with van der Waals surface area (Å²) in [7, 11) is 0. The van der Waals surface area contributed by atoms with Crippen LogP contribution < -0.4 is 20.8 Å². The van der Waals surface area contributed by atoms with Gasteiger partial charge in [0, 0.05) is 11.3 Å². The molecule has 0 atom stereocenters. The molecule has 0 unspecified atom stereocenters. The largest absolute Gasteiger partial charge is 0.484 e. The van der Waals surface area contributed by atoms with Crippen LogP contribution in [-0.2, 0) is 9.59 Å². The number of benzene rings is 3. The standard InChI is InChI=1S/C25H24N4O4/c1-18-6-5-7-20(14-18)25(32)26-16-23(30)29-27-15-19-10-12-22(13-11-19)33-17-24(31)28-21-8-3-2-4-9-21/h2-15H,16-17H2,1H3,(H,26,32)(H,28,31)(H,29,30). The van der Waals surface area contributed by atoms with Crippen molar-refractivity contribution in [3.63, 3.8) is 0 Å². The third kappa shape index (κ3) is 7.95. The summed E-state index contributed by atoms with van der Waals surface area (Å²) < 4.78 is 5.47. The average Bonchev–Trinajstić information content (AvgIpc) is 2.82. The lowest BCUT2D eigenvalue weighted by Gasteiger charge is -2.07. The summed E-state index contributed by atoms with van der Waals surface area (Å²) >= 11 is 0. The summed E-state index contributed by atoms with van der Waals surface area (Å²) in [6.45, 7) is 1.58. The maximum atomic E-state index is 12.0. The summed E-state index contributed by atoms with van der Waals surface area (Å²) in [5.74, 6) is -0.509. The van der Waals surface area contributed by atoms with Gasteiger partial charge in [0.1, 0.15) is 5.75 Å². The highest BCUT2D eigenvalue weighted by Gasteiger charge is 2.07. The minimum Gasteiger partial charge on any atom is -0.484 e. The van der Waals surface area contributed by atoms with Crippen molar-refractivity contribution in [1.82, 2.24) is 10.7 Å². The van der Waals surface area contributed by atoms with E-state index in [1.807, 2.05) is 31.2 Å². The van der Waals surface area contributed by atoms with Gasteiger partial charge < -0.3 is 15.4 Å². The van der Waals surface area contributed by atoms with E-state index in [9.17, 15) is 14.4 Å². The molecule has 8 nitrogen and oxygen atoms in total. The second-order valence-corrected chi connectivity index (χ2v) is 7.12. The topological polar surface area (TPSA) is 109 Å². The molecule has 0 bridgehead atoms. The lowest BCUT2D eigenvalue weighted by molar-refractivity contribution is -0.120. The van der Waals surface area contributed by atoms with E-state index in [0.29, 0.717) is 17.0 Å². The number of carbonyl (C=O) groups is 3. The molecule has 0 saturated heterocycles. The first-order valence-corrected chi connectivity index (χ1v) is 10.2. The van der Waals surface area contributed by atoms with Crippen LogP contribution in [-0.4, -0.2) is 37.1 Å². The number of rotatable bonds is 9. The van der Waals surface area contributed by atoms with E-state index in [-0.39, 0.29) is 25.0 Å². The summed E-state index contributed by atoms with van der Waals surface area (Å²) in [5.41, 5.74) is 5.24. The Morgan fingerprint density at radius 3 is 2.39 bits per heavy atom. The predicted octanol–water partition coefficient (Wildman–Crippen LogP) is 2.89. The molecule has 3 N–H and O–H groups in total. The third-order valence-electron chi connectivity index (χ3n) is 4.40. The van der Waals surface area contributed by atoms with Gasteiger partial charge in [0.2, 0.25) is 0 Å². The van der Waals surface area contributed by atoms with Gasteiger partial charge in [-0.25, -0.2) is 5.43 Å². The summed E-state index contributed by atoms with van der Waals surface area (Å²) in [6.07, 6.45) is 1.46. The van der Waals surface area contributed by atoms with Crippen LogP contribution in [0, 0.1) is 6.92 Å². The van der Waals surface area contributed by atoms with Gasteiger partial charge >= 0.3 is 0 Å². The fourth-order valence-corrected chi connectivity index (χ4v) is 2.78. The smallest absolute Gasteiger partial charge is 0.262 e. The first-order valence-electron chi connectivity index (χ1n) is 10.2. The quantitative estimate of drug-likeness (QED) is 0.348. The highest BCUT2D eigenvalue weighted by atomic mass is 16.5. The number of ether oxygens (including phenoxy) is 1. The van der Waals surface area contributed by atoms with Gasteiger partial charge in [0.15, 0.2) is 6.61 Å². The molecule has 3 aromatic rings. The number of hydrogen-bond donors (Lipinski definition) is 3. The molecular weight excluding hydrogens is 420 g/mol. The van der Waals surface area contributed by atoms with Crippen LogP contribution in [0.3, 0.4) is 0 Å². The Morgan fingerprint density at radius 1 is 0.909 bits per heavy atom. The lowest BCUT2D eigenvalue weighted by atomic mass is 10.1. The number of carbonyl (C=O) groups excluding carboxylic acids is 3. The Bertz CT molecular complexity index is 1130. The molecule has 3 amide bonds. The summed E-state index contributed by atoms with van der Waals surface area (Å²) in [5, 5.41) is 9.16. The maximum Gasteiger partial charge on any atom is 0.262 e. The Labute approximate surface area is 191 Å².